The lowest BCUT2D eigenvalue weighted by molar-refractivity contribution is 0.259. The van der Waals surface area contributed by atoms with Gasteiger partial charge in [0.05, 0.1) is 4.83 Å². The summed E-state index contributed by atoms with van der Waals surface area (Å²) >= 11 is 13.2. The van der Waals surface area contributed by atoms with Gasteiger partial charge < -0.3 is 10.2 Å². The Balaban J connectivity index is 3.90. The topological polar surface area (TPSA) is 40.5 Å². The van der Waals surface area contributed by atoms with Crippen molar-refractivity contribution in [3.63, 3.8) is 0 Å². The van der Waals surface area contributed by atoms with Crippen LogP contribution in [0, 0.1) is 0 Å². The quantitative estimate of drug-likeness (QED) is 0.654. The lowest BCUT2D eigenvalue weighted by Crippen LogP contribution is -2.31. The third-order valence-electron chi connectivity index (χ3n) is 1.32. The van der Waals surface area contributed by atoms with Gasteiger partial charge in [0.1, 0.15) is 5.01 Å². The van der Waals surface area contributed by atoms with Gasteiger partial charge in [-0.3, -0.25) is 0 Å². The fourth-order valence-electron chi connectivity index (χ4n) is 0.634. The molecule has 74 valence electrons. The zero-order valence-electron chi connectivity index (χ0n) is 6.13. The highest BCUT2D eigenvalue weighted by atomic mass is 79.9. The van der Waals surface area contributed by atoms with Crippen LogP contribution in [-0.4, -0.2) is 36.3 Å². The number of alkyl halides is 4. The van der Waals surface area contributed by atoms with E-state index in [0.717, 1.165) is 0 Å². The molecule has 0 heterocycles. The summed E-state index contributed by atoms with van der Waals surface area (Å²) < 4.78 is 0. The van der Waals surface area contributed by atoms with Crippen molar-refractivity contribution in [2.45, 2.75) is 25.9 Å². The normalized spacial score (nSPS) is 21.5. The van der Waals surface area contributed by atoms with Gasteiger partial charge in [-0.1, -0.05) is 63.7 Å². The van der Waals surface area contributed by atoms with E-state index in [2.05, 4.69) is 63.7 Å². The molecule has 0 aliphatic rings. The summed E-state index contributed by atoms with van der Waals surface area (Å²) in [6.07, 6.45) is 0.651. The summed E-state index contributed by atoms with van der Waals surface area (Å²) in [5.41, 5.74) is 0. The highest BCUT2D eigenvalue weighted by Crippen LogP contribution is 2.28. The summed E-state index contributed by atoms with van der Waals surface area (Å²) in [6.45, 7) is 0.135. The third kappa shape index (κ3) is 4.91. The number of hydrogen-bond donors (Lipinski definition) is 2. The molecule has 0 saturated heterocycles. The van der Waals surface area contributed by atoms with Crippen molar-refractivity contribution in [2.75, 3.05) is 6.61 Å². The summed E-state index contributed by atoms with van der Waals surface area (Å²) in [6, 6.07) is 0. The summed E-state index contributed by atoms with van der Waals surface area (Å²) in [7, 11) is 0. The van der Waals surface area contributed by atoms with E-state index in [1.54, 1.807) is 0 Å². The van der Waals surface area contributed by atoms with Crippen LogP contribution < -0.4 is 0 Å². The van der Waals surface area contributed by atoms with Gasteiger partial charge in [0.2, 0.25) is 0 Å². The molecule has 0 rings (SSSR count). The van der Waals surface area contributed by atoms with Crippen LogP contribution in [0.1, 0.15) is 6.42 Å². The van der Waals surface area contributed by atoms with Crippen molar-refractivity contribution in [3.8, 4) is 0 Å². The SMILES string of the molecule is OCCC(Br)C(Br)C(Br)C(O)Br. The standard InChI is InChI=1S/C6H10Br4O2/c7-3(1-2-11)4(8)5(9)6(10)12/h3-6,11-12H,1-2H2. The summed E-state index contributed by atoms with van der Waals surface area (Å²) in [5.74, 6) is 0. The predicted octanol–water partition coefficient (Wildman–Crippen LogP) is 2.37. The fourth-order valence-corrected chi connectivity index (χ4v) is 3.24. The molecule has 4 atom stereocenters. The molecule has 6 heteroatoms. The Labute approximate surface area is 106 Å². The largest absolute Gasteiger partial charge is 0.396 e. The fraction of sp³-hybridized carbons (Fsp3) is 1.00. The van der Waals surface area contributed by atoms with Crippen molar-refractivity contribution in [2.24, 2.45) is 0 Å². The zero-order valence-corrected chi connectivity index (χ0v) is 12.5. The van der Waals surface area contributed by atoms with Gasteiger partial charge >= 0.3 is 0 Å². The van der Waals surface area contributed by atoms with E-state index in [-0.39, 0.29) is 21.1 Å². The van der Waals surface area contributed by atoms with Crippen LogP contribution in [0.2, 0.25) is 0 Å². The number of hydrogen-bond acceptors (Lipinski definition) is 2. The molecule has 0 aromatic rings. The average molecular weight is 434 g/mol. The first-order valence-corrected chi connectivity index (χ1v) is 7.02. The molecule has 0 amide bonds. The van der Waals surface area contributed by atoms with Gasteiger partial charge in [-0.25, -0.2) is 0 Å². The molecular formula is C6H10Br4O2. The molecular weight excluding hydrogens is 424 g/mol. The maximum absolute atomic E-state index is 9.16. The average Bonchev–Trinajstić information content (AvgIpc) is 2.02. The Kier molecular flexibility index (Phi) is 8.27. The molecule has 0 radical (unpaired) electrons. The molecule has 0 bridgehead atoms. The predicted molar refractivity (Wildman–Crippen MR) is 64.8 cm³/mol. The molecule has 0 aliphatic heterocycles. The minimum absolute atomic E-state index is 0.0685. The van der Waals surface area contributed by atoms with Gasteiger partial charge in [0.25, 0.3) is 0 Å². The molecule has 0 saturated carbocycles. The number of rotatable bonds is 5. The van der Waals surface area contributed by atoms with Gasteiger partial charge in [-0.15, -0.1) is 0 Å². The van der Waals surface area contributed by atoms with E-state index in [1.165, 1.54) is 0 Å². The van der Waals surface area contributed by atoms with Crippen LogP contribution >= 0.6 is 63.7 Å². The summed E-state index contributed by atoms with van der Waals surface area (Å²) in [5, 5.41) is 17.2. The van der Waals surface area contributed by atoms with Crippen molar-refractivity contribution in [1.29, 1.82) is 0 Å². The third-order valence-corrected chi connectivity index (χ3v) is 7.32. The second-order valence-corrected chi connectivity index (χ2v) is 6.52. The van der Waals surface area contributed by atoms with Crippen molar-refractivity contribution >= 4 is 63.7 Å². The van der Waals surface area contributed by atoms with Crippen LogP contribution in [0.5, 0.6) is 0 Å². The van der Waals surface area contributed by atoms with Crippen molar-refractivity contribution in [1.82, 2.24) is 0 Å². The van der Waals surface area contributed by atoms with E-state index < -0.39 is 5.01 Å². The van der Waals surface area contributed by atoms with Crippen LogP contribution in [0.25, 0.3) is 0 Å². The Morgan fingerprint density at radius 3 is 1.83 bits per heavy atom. The van der Waals surface area contributed by atoms with Gasteiger partial charge in [-0.05, 0) is 6.42 Å². The molecule has 0 aliphatic carbocycles. The zero-order chi connectivity index (χ0) is 9.72. The molecule has 4 unspecified atom stereocenters. The van der Waals surface area contributed by atoms with Gasteiger partial charge in [0.15, 0.2) is 0 Å². The Hall–Kier alpha value is 1.84. The van der Waals surface area contributed by atoms with Crippen molar-refractivity contribution < 1.29 is 10.2 Å². The monoisotopic (exact) mass is 430 g/mol. The first-order chi connectivity index (χ1) is 5.50. The Bertz CT molecular complexity index is 122. The first kappa shape index (κ1) is 13.8. The molecule has 0 spiro atoms. The van der Waals surface area contributed by atoms with E-state index in [4.69, 9.17) is 10.2 Å². The molecule has 0 fully saturated rings. The van der Waals surface area contributed by atoms with Crippen molar-refractivity contribution in [3.05, 3.63) is 0 Å². The maximum Gasteiger partial charge on any atom is 0.122 e. The smallest absolute Gasteiger partial charge is 0.122 e. The minimum atomic E-state index is -0.597. The molecule has 12 heavy (non-hydrogen) atoms. The first-order valence-electron chi connectivity index (χ1n) is 3.36. The summed E-state index contributed by atoms with van der Waals surface area (Å²) in [4.78, 5) is 0.117. The number of halogens is 4. The van der Waals surface area contributed by atoms with Gasteiger partial charge in [0, 0.05) is 16.3 Å². The maximum atomic E-state index is 9.16. The van der Waals surface area contributed by atoms with E-state index in [9.17, 15) is 0 Å². The highest BCUT2D eigenvalue weighted by Gasteiger charge is 2.27. The van der Waals surface area contributed by atoms with Crippen LogP contribution in [0.4, 0.5) is 0 Å². The highest BCUT2D eigenvalue weighted by molar-refractivity contribution is 9.14. The minimum Gasteiger partial charge on any atom is -0.396 e. The Morgan fingerprint density at radius 1 is 1.00 bits per heavy atom. The van der Waals surface area contributed by atoms with Crippen LogP contribution in [0.3, 0.4) is 0 Å². The Morgan fingerprint density at radius 2 is 1.50 bits per heavy atom. The molecule has 2 nitrogen and oxygen atoms in total. The molecule has 0 aromatic heterocycles. The van der Waals surface area contributed by atoms with Crippen LogP contribution in [0.15, 0.2) is 0 Å². The van der Waals surface area contributed by atoms with E-state index in [1.807, 2.05) is 0 Å². The van der Waals surface area contributed by atoms with Gasteiger partial charge in [-0.2, -0.15) is 0 Å². The molecule has 2 N–H and O–H groups in total. The van der Waals surface area contributed by atoms with E-state index in [0.29, 0.717) is 6.42 Å². The molecule has 0 aromatic carbocycles. The second kappa shape index (κ2) is 7.17. The van der Waals surface area contributed by atoms with Crippen LogP contribution in [-0.2, 0) is 0 Å². The number of aliphatic hydroxyl groups excluding tert-OH is 2. The second-order valence-electron chi connectivity index (χ2n) is 2.29. The lowest BCUT2D eigenvalue weighted by Gasteiger charge is -2.22. The number of aliphatic hydroxyl groups is 2. The lowest BCUT2D eigenvalue weighted by atomic mass is 10.2. The van der Waals surface area contributed by atoms with E-state index >= 15 is 0 Å².